The standard InChI is InChI=1S/C10H14F3N3S/c1-16-9(17)14-8(15-16)6-3-2-4-7(5-6)10(11,12)13/h6-7H,2-5H2,1H3,(H,14,15,17). The average Bonchev–Trinajstić information content (AvgIpc) is 2.58. The van der Waals surface area contributed by atoms with Crippen LogP contribution in [0.1, 0.15) is 37.4 Å². The third-order valence-electron chi connectivity index (χ3n) is 3.31. The second kappa shape index (κ2) is 4.44. The van der Waals surface area contributed by atoms with Crippen molar-refractivity contribution in [1.82, 2.24) is 14.8 Å². The Bertz CT molecular complexity index is 448. The molecule has 1 heterocycles. The highest BCUT2D eigenvalue weighted by atomic mass is 32.1. The number of nitrogens with zero attached hydrogens (tertiary/aromatic N) is 2. The zero-order valence-electron chi connectivity index (χ0n) is 9.42. The Labute approximate surface area is 102 Å². The first kappa shape index (κ1) is 12.6. The summed E-state index contributed by atoms with van der Waals surface area (Å²) in [6.07, 6.45) is -2.41. The van der Waals surface area contributed by atoms with Gasteiger partial charge in [-0.05, 0) is 31.5 Å². The van der Waals surface area contributed by atoms with Gasteiger partial charge in [0.15, 0.2) is 0 Å². The minimum atomic E-state index is -4.09. The lowest BCUT2D eigenvalue weighted by molar-refractivity contribution is -0.183. The number of aromatic nitrogens is 3. The van der Waals surface area contributed by atoms with Crippen LogP contribution in [0.25, 0.3) is 0 Å². The second-order valence-electron chi connectivity index (χ2n) is 4.55. The van der Waals surface area contributed by atoms with E-state index in [4.69, 9.17) is 12.2 Å². The van der Waals surface area contributed by atoms with E-state index in [0.717, 1.165) is 6.42 Å². The fourth-order valence-corrected chi connectivity index (χ4v) is 2.48. The summed E-state index contributed by atoms with van der Waals surface area (Å²) in [7, 11) is 1.71. The number of H-pyrrole nitrogens is 1. The number of rotatable bonds is 1. The largest absolute Gasteiger partial charge is 0.391 e. The molecule has 0 aromatic carbocycles. The minimum Gasteiger partial charge on any atom is -0.283 e. The number of hydrogen-bond donors (Lipinski definition) is 1. The topological polar surface area (TPSA) is 33.6 Å². The molecule has 0 saturated heterocycles. The molecule has 0 bridgehead atoms. The molecular formula is C10H14F3N3S. The van der Waals surface area contributed by atoms with Gasteiger partial charge in [-0.1, -0.05) is 6.42 Å². The first-order valence-electron chi connectivity index (χ1n) is 5.57. The molecule has 2 atom stereocenters. The van der Waals surface area contributed by atoms with Gasteiger partial charge in [0.05, 0.1) is 5.92 Å². The highest BCUT2D eigenvalue weighted by molar-refractivity contribution is 7.71. The smallest absolute Gasteiger partial charge is 0.283 e. The molecule has 0 aliphatic heterocycles. The zero-order chi connectivity index (χ0) is 12.6. The molecule has 1 aliphatic carbocycles. The molecule has 17 heavy (non-hydrogen) atoms. The van der Waals surface area contributed by atoms with E-state index < -0.39 is 12.1 Å². The van der Waals surface area contributed by atoms with Gasteiger partial charge in [0.2, 0.25) is 4.77 Å². The van der Waals surface area contributed by atoms with Gasteiger partial charge in [-0.2, -0.15) is 13.2 Å². The maximum atomic E-state index is 12.7. The van der Waals surface area contributed by atoms with Crippen molar-refractivity contribution >= 4 is 12.2 Å². The van der Waals surface area contributed by atoms with E-state index in [-0.39, 0.29) is 18.8 Å². The Morgan fingerprint density at radius 1 is 1.41 bits per heavy atom. The molecule has 1 aliphatic rings. The summed E-state index contributed by atoms with van der Waals surface area (Å²) in [5.74, 6) is -0.769. The average molecular weight is 265 g/mol. The Hall–Kier alpha value is -0.850. The first-order chi connectivity index (χ1) is 7.88. The van der Waals surface area contributed by atoms with Crippen LogP contribution in [0.5, 0.6) is 0 Å². The van der Waals surface area contributed by atoms with Gasteiger partial charge >= 0.3 is 6.18 Å². The normalized spacial score (nSPS) is 26.1. The van der Waals surface area contributed by atoms with E-state index in [1.807, 2.05) is 0 Å². The van der Waals surface area contributed by atoms with E-state index in [0.29, 0.717) is 17.0 Å². The van der Waals surface area contributed by atoms with Crippen molar-refractivity contribution in [2.75, 3.05) is 0 Å². The van der Waals surface area contributed by atoms with Crippen LogP contribution in [0.4, 0.5) is 13.2 Å². The van der Waals surface area contributed by atoms with Gasteiger partial charge in [-0.25, -0.2) is 4.98 Å². The third kappa shape index (κ3) is 2.70. The number of aryl methyl sites for hydroxylation is 1. The van der Waals surface area contributed by atoms with E-state index in [2.05, 4.69) is 10.1 Å². The molecule has 1 aromatic rings. The summed E-state index contributed by atoms with van der Waals surface area (Å²) in [6, 6.07) is 0. The van der Waals surface area contributed by atoms with Crippen LogP contribution in [0.2, 0.25) is 0 Å². The number of halogens is 3. The van der Waals surface area contributed by atoms with Crippen molar-refractivity contribution in [3.63, 3.8) is 0 Å². The van der Waals surface area contributed by atoms with Crippen LogP contribution >= 0.6 is 12.2 Å². The van der Waals surface area contributed by atoms with Crippen molar-refractivity contribution < 1.29 is 13.2 Å². The maximum Gasteiger partial charge on any atom is 0.391 e. The van der Waals surface area contributed by atoms with Crippen molar-refractivity contribution in [2.45, 2.75) is 37.8 Å². The lowest BCUT2D eigenvalue weighted by Crippen LogP contribution is -2.28. The molecule has 2 unspecified atom stereocenters. The summed E-state index contributed by atoms with van der Waals surface area (Å²) in [4.78, 5) is 4.11. The zero-order valence-corrected chi connectivity index (χ0v) is 10.2. The first-order valence-corrected chi connectivity index (χ1v) is 5.98. The molecule has 0 spiro atoms. The molecule has 7 heteroatoms. The van der Waals surface area contributed by atoms with E-state index in [9.17, 15) is 13.2 Å². The van der Waals surface area contributed by atoms with Crippen LogP contribution in [0.3, 0.4) is 0 Å². The summed E-state index contributed by atoms with van der Waals surface area (Å²) in [5.41, 5.74) is 0. The predicted octanol–water partition coefficient (Wildman–Crippen LogP) is 3.31. The molecule has 2 rings (SSSR count). The Kier molecular flexibility index (Phi) is 3.29. The van der Waals surface area contributed by atoms with Crippen LogP contribution < -0.4 is 0 Å². The van der Waals surface area contributed by atoms with Gasteiger partial charge in [-0.3, -0.25) is 9.78 Å². The minimum absolute atomic E-state index is 0.117. The fourth-order valence-electron chi connectivity index (χ4n) is 2.34. The molecule has 3 nitrogen and oxygen atoms in total. The van der Waals surface area contributed by atoms with Crippen molar-refractivity contribution in [2.24, 2.45) is 13.0 Å². The molecule has 96 valence electrons. The van der Waals surface area contributed by atoms with Crippen molar-refractivity contribution in [3.8, 4) is 0 Å². The van der Waals surface area contributed by atoms with Gasteiger partial charge in [0.1, 0.15) is 5.82 Å². The molecule has 1 saturated carbocycles. The Morgan fingerprint density at radius 2 is 2.12 bits per heavy atom. The van der Waals surface area contributed by atoms with Crippen molar-refractivity contribution in [3.05, 3.63) is 10.6 Å². The van der Waals surface area contributed by atoms with Gasteiger partial charge in [0, 0.05) is 13.0 Å². The quantitative estimate of drug-likeness (QED) is 0.790. The van der Waals surface area contributed by atoms with E-state index in [1.165, 1.54) is 0 Å². The van der Waals surface area contributed by atoms with Crippen LogP contribution in [0, 0.1) is 10.7 Å². The Morgan fingerprint density at radius 3 is 2.65 bits per heavy atom. The fraction of sp³-hybridized carbons (Fsp3) is 0.800. The summed E-state index contributed by atoms with van der Waals surface area (Å²) in [5, 5.41) is 2.92. The highest BCUT2D eigenvalue weighted by Crippen LogP contribution is 2.42. The highest BCUT2D eigenvalue weighted by Gasteiger charge is 2.42. The van der Waals surface area contributed by atoms with Crippen molar-refractivity contribution in [1.29, 1.82) is 0 Å². The summed E-state index contributed by atoms with van der Waals surface area (Å²) in [6.45, 7) is 0. The van der Waals surface area contributed by atoms with Crippen LogP contribution in [0.15, 0.2) is 0 Å². The van der Waals surface area contributed by atoms with Gasteiger partial charge in [0.25, 0.3) is 0 Å². The summed E-state index contributed by atoms with van der Waals surface area (Å²) >= 11 is 4.94. The maximum absolute atomic E-state index is 12.7. The van der Waals surface area contributed by atoms with Gasteiger partial charge < -0.3 is 0 Å². The number of nitrogens with one attached hydrogen (secondary N) is 1. The van der Waals surface area contributed by atoms with Crippen LogP contribution in [-0.2, 0) is 7.05 Å². The number of aromatic amines is 1. The molecule has 1 N–H and O–H groups in total. The SMILES string of the molecule is Cn1[nH]c(C2CCCC(C(F)(F)F)C2)nc1=S. The molecule has 1 fully saturated rings. The Balaban J connectivity index is 2.15. The molecular weight excluding hydrogens is 251 g/mol. The predicted molar refractivity (Wildman–Crippen MR) is 59.1 cm³/mol. The van der Waals surface area contributed by atoms with Crippen LogP contribution in [-0.4, -0.2) is 20.9 Å². The lowest BCUT2D eigenvalue weighted by atomic mass is 9.81. The monoisotopic (exact) mass is 265 g/mol. The summed E-state index contributed by atoms with van der Waals surface area (Å²) < 4.78 is 39.9. The molecule has 0 radical (unpaired) electrons. The van der Waals surface area contributed by atoms with E-state index in [1.54, 1.807) is 11.7 Å². The number of alkyl halides is 3. The van der Waals surface area contributed by atoms with Gasteiger partial charge in [-0.15, -0.1) is 0 Å². The number of hydrogen-bond acceptors (Lipinski definition) is 2. The van der Waals surface area contributed by atoms with E-state index >= 15 is 0 Å². The molecule has 0 amide bonds. The lowest BCUT2D eigenvalue weighted by Gasteiger charge is -2.29. The third-order valence-corrected chi connectivity index (χ3v) is 3.67. The second-order valence-corrected chi connectivity index (χ2v) is 4.92. The molecule has 1 aromatic heterocycles.